The summed E-state index contributed by atoms with van der Waals surface area (Å²) in [5.41, 5.74) is 5.06. The van der Waals surface area contributed by atoms with Gasteiger partial charge in [-0.25, -0.2) is 0 Å². The zero-order chi connectivity index (χ0) is 8.27. The van der Waals surface area contributed by atoms with Crippen LogP contribution < -0.4 is 5.73 Å². The molecule has 3 heteroatoms. The number of carbonyl (C=O) groups excluding carboxylic acids is 1. The Balaban J connectivity index is 2.22. The van der Waals surface area contributed by atoms with E-state index in [2.05, 4.69) is 0 Å². The molecule has 0 spiro atoms. The average molecular weight is 157 g/mol. The summed E-state index contributed by atoms with van der Waals surface area (Å²) in [6.07, 6.45) is 3.91. The number of amides is 1. The molecule has 0 aromatic rings. The van der Waals surface area contributed by atoms with Gasteiger partial charge < -0.3 is 10.8 Å². The SMILES string of the molecule is NC(=O)CC1CCC(O)CC1. The largest absolute Gasteiger partial charge is 0.393 e. The van der Waals surface area contributed by atoms with Crippen LogP contribution in [-0.4, -0.2) is 17.1 Å². The second kappa shape index (κ2) is 3.72. The van der Waals surface area contributed by atoms with Crippen LogP contribution in [-0.2, 0) is 4.79 Å². The van der Waals surface area contributed by atoms with Crippen molar-refractivity contribution in [2.24, 2.45) is 11.7 Å². The summed E-state index contributed by atoms with van der Waals surface area (Å²) in [5, 5.41) is 9.14. The van der Waals surface area contributed by atoms with Gasteiger partial charge in [0.1, 0.15) is 0 Å². The Bertz CT molecular complexity index is 139. The molecule has 0 aromatic heterocycles. The van der Waals surface area contributed by atoms with Crippen molar-refractivity contribution in [1.82, 2.24) is 0 Å². The van der Waals surface area contributed by atoms with Crippen molar-refractivity contribution in [2.45, 2.75) is 38.2 Å². The molecule has 0 radical (unpaired) electrons. The number of rotatable bonds is 2. The summed E-state index contributed by atoms with van der Waals surface area (Å²) in [6, 6.07) is 0. The lowest BCUT2D eigenvalue weighted by molar-refractivity contribution is -0.119. The molecule has 0 unspecified atom stereocenters. The van der Waals surface area contributed by atoms with E-state index in [0.717, 1.165) is 25.7 Å². The topological polar surface area (TPSA) is 63.3 Å². The first-order chi connectivity index (χ1) is 5.18. The van der Waals surface area contributed by atoms with Gasteiger partial charge in [-0.15, -0.1) is 0 Å². The van der Waals surface area contributed by atoms with Crippen molar-refractivity contribution in [1.29, 1.82) is 0 Å². The van der Waals surface area contributed by atoms with E-state index in [9.17, 15) is 4.79 Å². The van der Waals surface area contributed by atoms with Crippen molar-refractivity contribution in [3.63, 3.8) is 0 Å². The number of carbonyl (C=O) groups is 1. The smallest absolute Gasteiger partial charge is 0.217 e. The van der Waals surface area contributed by atoms with Gasteiger partial charge in [-0.3, -0.25) is 4.79 Å². The van der Waals surface area contributed by atoms with E-state index in [-0.39, 0.29) is 12.0 Å². The molecule has 0 saturated heterocycles. The summed E-state index contributed by atoms with van der Waals surface area (Å²) in [4.78, 5) is 10.5. The van der Waals surface area contributed by atoms with Crippen LogP contribution in [0.3, 0.4) is 0 Å². The van der Waals surface area contributed by atoms with E-state index in [1.807, 2.05) is 0 Å². The molecular formula is C8H15NO2. The summed E-state index contributed by atoms with van der Waals surface area (Å²) >= 11 is 0. The van der Waals surface area contributed by atoms with Crippen molar-refractivity contribution in [3.05, 3.63) is 0 Å². The quantitative estimate of drug-likeness (QED) is 0.610. The normalized spacial score (nSPS) is 31.7. The van der Waals surface area contributed by atoms with E-state index in [4.69, 9.17) is 10.8 Å². The Labute approximate surface area is 66.6 Å². The molecule has 1 fully saturated rings. The monoisotopic (exact) mass is 157 g/mol. The number of aliphatic hydroxyl groups excluding tert-OH is 1. The molecule has 3 N–H and O–H groups in total. The second-order valence-electron chi connectivity index (χ2n) is 3.34. The molecule has 1 amide bonds. The number of primary amides is 1. The minimum absolute atomic E-state index is 0.140. The first-order valence-corrected chi connectivity index (χ1v) is 4.15. The van der Waals surface area contributed by atoms with Crippen LogP contribution >= 0.6 is 0 Å². The zero-order valence-electron chi connectivity index (χ0n) is 6.62. The molecule has 64 valence electrons. The third-order valence-electron chi connectivity index (χ3n) is 2.31. The molecule has 1 aliphatic rings. The first-order valence-electron chi connectivity index (χ1n) is 4.15. The summed E-state index contributed by atoms with van der Waals surface area (Å²) < 4.78 is 0. The molecular weight excluding hydrogens is 142 g/mol. The van der Waals surface area contributed by atoms with Crippen molar-refractivity contribution >= 4 is 5.91 Å². The van der Waals surface area contributed by atoms with Crippen LogP contribution in [0.5, 0.6) is 0 Å². The fraction of sp³-hybridized carbons (Fsp3) is 0.875. The average Bonchev–Trinajstić information content (AvgIpc) is 1.93. The van der Waals surface area contributed by atoms with Crippen LogP contribution in [0, 0.1) is 5.92 Å². The van der Waals surface area contributed by atoms with Crippen molar-refractivity contribution < 1.29 is 9.90 Å². The second-order valence-corrected chi connectivity index (χ2v) is 3.34. The van der Waals surface area contributed by atoms with E-state index >= 15 is 0 Å². The fourth-order valence-electron chi connectivity index (χ4n) is 1.63. The van der Waals surface area contributed by atoms with Crippen LogP contribution in [0.25, 0.3) is 0 Å². The van der Waals surface area contributed by atoms with Gasteiger partial charge >= 0.3 is 0 Å². The number of nitrogens with two attached hydrogens (primary N) is 1. The molecule has 1 aliphatic carbocycles. The Morgan fingerprint density at radius 1 is 1.36 bits per heavy atom. The number of aliphatic hydroxyl groups is 1. The summed E-state index contributed by atoms with van der Waals surface area (Å²) in [6.45, 7) is 0. The first kappa shape index (κ1) is 8.53. The predicted octanol–water partition coefficient (Wildman–Crippen LogP) is 0.413. The Morgan fingerprint density at radius 3 is 2.36 bits per heavy atom. The van der Waals surface area contributed by atoms with Gasteiger partial charge in [0.15, 0.2) is 0 Å². The minimum Gasteiger partial charge on any atom is -0.393 e. The Hall–Kier alpha value is -0.570. The minimum atomic E-state index is -0.216. The maximum absolute atomic E-state index is 10.5. The molecule has 0 heterocycles. The third-order valence-corrected chi connectivity index (χ3v) is 2.31. The molecule has 0 atom stereocenters. The van der Waals surface area contributed by atoms with Gasteiger partial charge in [0.05, 0.1) is 6.10 Å². The lowest BCUT2D eigenvalue weighted by Crippen LogP contribution is -2.23. The zero-order valence-corrected chi connectivity index (χ0v) is 6.62. The molecule has 0 aromatic carbocycles. The fourth-order valence-corrected chi connectivity index (χ4v) is 1.63. The van der Waals surface area contributed by atoms with Gasteiger partial charge in [-0.1, -0.05) is 0 Å². The predicted molar refractivity (Wildman–Crippen MR) is 41.8 cm³/mol. The van der Waals surface area contributed by atoms with Crippen molar-refractivity contribution in [3.8, 4) is 0 Å². The van der Waals surface area contributed by atoms with Crippen LogP contribution in [0.1, 0.15) is 32.1 Å². The van der Waals surface area contributed by atoms with Gasteiger partial charge in [-0.2, -0.15) is 0 Å². The van der Waals surface area contributed by atoms with Gasteiger partial charge in [0.25, 0.3) is 0 Å². The van der Waals surface area contributed by atoms with E-state index in [1.165, 1.54) is 0 Å². The number of hydrogen-bond acceptors (Lipinski definition) is 2. The molecule has 0 aliphatic heterocycles. The molecule has 1 rings (SSSR count). The molecule has 11 heavy (non-hydrogen) atoms. The highest BCUT2D eigenvalue weighted by Gasteiger charge is 2.20. The standard InChI is InChI=1S/C8H15NO2/c9-8(11)5-6-1-3-7(10)4-2-6/h6-7,10H,1-5H2,(H2,9,11). The van der Waals surface area contributed by atoms with Gasteiger partial charge in [-0.05, 0) is 31.6 Å². The van der Waals surface area contributed by atoms with Gasteiger partial charge in [0, 0.05) is 6.42 Å². The van der Waals surface area contributed by atoms with E-state index in [1.54, 1.807) is 0 Å². The lowest BCUT2D eigenvalue weighted by Gasteiger charge is -2.23. The maximum atomic E-state index is 10.5. The van der Waals surface area contributed by atoms with Crippen LogP contribution in [0.15, 0.2) is 0 Å². The molecule has 3 nitrogen and oxygen atoms in total. The molecule has 1 saturated carbocycles. The van der Waals surface area contributed by atoms with Crippen LogP contribution in [0.4, 0.5) is 0 Å². The summed E-state index contributed by atoms with van der Waals surface area (Å²) in [7, 11) is 0. The third kappa shape index (κ3) is 2.89. The molecule has 0 bridgehead atoms. The summed E-state index contributed by atoms with van der Waals surface area (Å²) in [5.74, 6) is 0.210. The van der Waals surface area contributed by atoms with Crippen molar-refractivity contribution in [2.75, 3.05) is 0 Å². The number of hydrogen-bond donors (Lipinski definition) is 2. The van der Waals surface area contributed by atoms with E-state index < -0.39 is 0 Å². The Morgan fingerprint density at radius 2 is 1.91 bits per heavy atom. The van der Waals surface area contributed by atoms with Gasteiger partial charge in [0.2, 0.25) is 5.91 Å². The lowest BCUT2D eigenvalue weighted by atomic mass is 9.85. The van der Waals surface area contributed by atoms with E-state index in [0.29, 0.717) is 12.3 Å². The van der Waals surface area contributed by atoms with Crippen LogP contribution in [0.2, 0.25) is 0 Å². The Kier molecular flexibility index (Phi) is 2.88. The highest BCUT2D eigenvalue weighted by atomic mass is 16.3. The highest BCUT2D eigenvalue weighted by molar-refractivity contribution is 5.73. The highest BCUT2D eigenvalue weighted by Crippen LogP contribution is 2.26. The maximum Gasteiger partial charge on any atom is 0.217 e.